The van der Waals surface area contributed by atoms with Gasteiger partial charge in [-0.1, -0.05) is 13.3 Å². The lowest BCUT2D eigenvalue weighted by Gasteiger charge is -2.17. The van der Waals surface area contributed by atoms with Crippen molar-refractivity contribution in [2.75, 3.05) is 5.32 Å². The second-order valence-corrected chi connectivity index (χ2v) is 5.21. The summed E-state index contributed by atoms with van der Waals surface area (Å²) in [6, 6.07) is 0.401. The van der Waals surface area contributed by atoms with Gasteiger partial charge >= 0.3 is 5.97 Å². The summed E-state index contributed by atoms with van der Waals surface area (Å²) < 4.78 is 4.10. The Morgan fingerprint density at radius 2 is 2.31 bits per heavy atom. The van der Waals surface area contributed by atoms with Gasteiger partial charge < -0.3 is 10.4 Å². The number of hydrogen-bond acceptors (Lipinski definition) is 4. The van der Waals surface area contributed by atoms with Gasteiger partial charge in [0, 0.05) is 6.04 Å². The lowest BCUT2D eigenvalue weighted by atomic mass is 10.1. The summed E-state index contributed by atoms with van der Waals surface area (Å²) in [5.74, 6) is -0.275. The molecule has 0 spiro atoms. The predicted octanol–water partition coefficient (Wildman–Crippen LogP) is 2.75. The molecule has 2 atom stereocenters. The zero-order valence-corrected chi connectivity index (χ0v) is 10.3. The lowest BCUT2D eigenvalue weighted by molar-refractivity contribution is 0.0697. The zero-order valence-electron chi connectivity index (χ0n) is 9.49. The van der Waals surface area contributed by atoms with Crippen molar-refractivity contribution in [1.29, 1.82) is 0 Å². The summed E-state index contributed by atoms with van der Waals surface area (Å²) in [5, 5.41) is 13.2. The van der Waals surface area contributed by atoms with Crippen LogP contribution in [-0.2, 0) is 0 Å². The fourth-order valence-electron chi connectivity index (χ4n) is 2.25. The highest BCUT2D eigenvalue weighted by Crippen LogP contribution is 2.32. The van der Waals surface area contributed by atoms with Crippen molar-refractivity contribution in [3.05, 3.63) is 11.3 Å². The number of carboxylic acid groups (broad SMARTS) is 1. The van der Waals surface area contributed by atoms with Gasteiger partial charge in [0.15, 0.2) is 0 Å². The standard InChI is InChI=1S/C11H16N2O2S/c1-6-4-3-5-8(6)12-10-9(11(14)15)7(2)13-16-10/h6,8,12H,3-5H2,1-2H3,(H,14,15). The molecule has 4 nitrogen and oxygen atoms in total. The Balaban J connectivity index is 2.18. The first kappa shape index (κ1) is 11.4. The number of hydrogen-bond donors (Lipinski definition) is 2. The molecule has 1 saturated carbocycles. The van der Waals surface area contributed by atoms with Crippen molar-refractivity contribution >= 4 is 22.5 Å². The molecule has 0 radical (unpaired) electrons. The maximum atomic E-state index is 11.1. The summed E-state index contributed by atoms with van der Waals surface area (Å²) in [4.78, 5) is 11.1. The number of aromatic carboxylic acids is 1. The first-order valence-corrected chi connectivity index (χ1v) is 6.33. The number of carboxylic acids is 1. The minimum Gasteiger partial charge on any atom is -0.478 e. The molecule has 0 aromatic carbocycles. The van der Waals surface area contributed by atoms with Gasteiger partial charge in [0.25, 0.3) is 0 Å². The summed E-state index contributed by atoms with van der Waals surface area (Å²) in [6.07, 6.45) is 3.56. The molecule has 16 heavy (non-hydrogen) atoms. The molecule has 88 valence electrons. The topological polar surface area (TPSA) is 62.2 Å². The Labute approximate surface area is 98.9 Å². The largest absolute Gasteiger partial charge is 0.478 e. The number of carbonyl (C=O) groups is 1. The summed E-state index contributed by atoms with van der Waals surface area (Å²) in [7, 11) is 0. The fraction of sp³-hybridized carbons (Fsp3) is 0.636. The van der Waals surface area contributed by atoms with Crippen LogP contribution >= 0.6 is 11.5 Å². The molecular weight excluding hydrogens is 224 g/mol. The second-order valence-electron chi connectivity index (χ2n) is 4.44. The van der Waals surface area contributed by atoms with Crippen molar-refractivity contribution in [3.8, 4) is 0 Å². The third kappa shape index (κ3) is 2.04. The molecule has 2 unspecified atom stereocenters. The van der Waals surface area contributed by atoms with Crippen LogP contribution in [0.15, 0.2) is 0 Å². The molecule has 1 aromatic heterocycles. The van der Waals surface area contributed by atoms with E-state index in [1.165, 1.54) is 24.4 Å². The molecule has 1 aliphatic rings. The highest BCUT2D eigenvalue weighted by Gasteiger charge is 2.26. The van der Waals surface area contributed by atoms with Crippen molar-refractivity contribution in [2.24, 2.45) is 5.92 Å². The average Bonchev–Trinajstić information content (AvgIpc) is 2.75. The Morgan fingerprint density at radius 3 is 2.88 bits per heavy atom. The van der Waals surface area contributed by atoms with Crippen molar-refractivity contribution in [1.82, 2.24) is 4.37 Å². The first-order chi connectivity index (χ1) is 7.59. The molecule has 0 bridgehead atoms. The fourth-order valence-corrected chi connectivity index (χ4v) is 3.10. The van der Waals surface area contributed by atoms with E-state index in [4.69, 9.17) is 5.11 Å². The highest BCUT2D eigenvalue weighted by molar-refractivity contribution is 7.10. The first-order valence-electron chi connectivity index (χ1n) is 5.55. The van der Waals surface area contributed by atoms with Gasteiger partial charge in [0.2, 0.25) is 0 Å². The van der Waals surface area contributed by atoms with Crippen LogP contribution in [0.5, 0.6) is 0 Å². The quantitative estimate of drug-likeness (QED) is 0.852. The molecular formula is C11H16N2O2S. The van der Waals surface area contributed by atoms with Crippen molar-refractivity contribution in [2.45, 2.75) is 39.2 Å². The van der Waals surface area contributed by atoms with E-state index in [-0.39, 0.29) is 0 Å². The molecule has 5 heteroatoms. The smallest absolute Gasteiger partial charge is 0.340 e. The lowest BCUT2D eigenvalue weighted by Crippen LogP contribution is -2.22. The minimum atomic E-state index is -0.889. The third-order valence-electron chi connectivity index (χ3n) is 3.25. The van der Waals surface area contributed by atoms with Crippen LogP contribution in [0.3, 0.4) is 0 Å². The number of nitrogens with zero attached hydrogens (tertiary/aromatic N) is 1. The Morgan fingerprint density at radius 1 is 1.56 bits per heavy atom. The molecule has 1 aromatic rings. The van der Waals surface area contributed by atoms with Gasteiger partial charge in [-0.05, 0) is 37.2 Å². The van der Waals surface area contributed by atoms with Gasteiger partial charge in [0.1, 0.15) is 10.6 Å². The van der Waals surface area contributed by atoms with Gasteiger partial charge in [-0.2, -0.15) is 4.37 Å². The van der Waals surface area contributed by atoms with Crippen molar-refractivity contribution < 1.29 is 9.90 Å². The van der Waals surface area contributed by atoms with E-state index >= 15 is 0 Å². The van der Waals surface area contributed by atoms with Gasteiger partial charge in [-0.25, -0.2) is 4.79 Å². The van der Waals surface area contributed by atoms with Gasteiger partial charge in [-0.15, -0.1) is 0 Å². The Kier molecular flexibility index (Phi) is 3.14. The number of rotatable bonds is 3. The van der Waals surface area contributed by atoms with E-state index in [9.17, 15) is 4.79 Å². The summed E-state index contributed by atoms with van der Waals surface area (Å²) in [6.45, 7) is 3.95. The molecule has 2 rings (SSSR count). The number of nitrogens with one attached hydrogen (secondary N) is 1. The van der Waals surface area contributed by atoms with Crippen LogP contribution in [0.25, 0.3) is 0 Å². The van der Waals surface area contributed by atoms with E-state index in [1.807, 2.05) is 0 Å². The molecule has 0 aliphatic heterocycles. The van der Waals surface area contributed by atoms with E-state index in [0.29, 0.717) is 28.2 Å². The molecule has 1 aliphatic carbocycles. The second kappa shape index (κ2) is 4.41. The van der Waals surface area contributed by atoms with Crippen LogP contribution in [0.4, 0.5) is 5.00 Å². The average molecular weight is 240 g/mol. The third-order valence-corrected chi connectivity index (χ3v) is 4.12. The van der Waals surface area contributed by atoms with Crippen LogP contribution in [0, 0.1) is 12.8 Å². The van der Waals surface area contributed by atoms with Crippen LogP contribution in [0.2, 0.25) is 0 Å². The maximum absolute atomic E-state index is 11.1. The highest BCUT2D eigenvalue weighted by atomic mass is 32.1. The molecule has 0 amide bonds. The van der Waals surface area contributed by atoms with Crippen molar-refractivity contribution in [3.63, 3.8) is 0 Å². The molecule has 1 fully saturated rings. The van der Waals surface area contributed by atoms with Gasteiger partial charge in [-0.3, -0.25) is 0 Å². The van der Waals surface area contributed by atoms with Crippen LogP contribution in [-0.4, -0.2) is 21.5 Å². The summed E-state index contributed by atoms with van der Waals surface area (Å²) in [5.41, 5.74) is 0.940. The van der Waals surface area contributed by atoms with Crippen LogP contribution < -0.4 is 5.32 Å². The summed E-state index contributed by atoms with van der Waals surface area (Å²) >= 11 is 1.25. The molecule has 0 saturated heterocycles. The monoisotopic (exact) mass is 240 g/mol. The Bertz CT molecular complexity index is 403. The minimum absolute atomic E-state index is 0.337. The SMILES string of the molecule is Cc1nsc(NC2CCCC2C)c1C(=O)O. The number of aromatic nitrogens is 1. The number of anilines is 1. The number of aryl methyl sites for hydroxylation is 1. The van der Waals surface area contributed by atoms with E-state index in [1.54, 1.807) is 6.92 Å². The molecule has 2 N–H and O–H groups in total. The van der Waals surface area contributed by atoms with E-state index in [0.717, 1.165) is 6.42 Å². The van der Waals surface area contributed by atoms with E-state index < -0.39 is 5.97 Å². The maximum Gasteiger partial charge on any atom is 0.340 e. The predicted molar refractivity (Wildman–Crippen MR) is 64.2 cm³/mol. The Hall–Kier alpha value is -1.10. The van der Waals surface area contributed by atoms with Crippen LogP contribution in [0.1, 0.15) is 42.2 Å². The van der Waals surface area contributed by atoms with E-state index in [2.05, 4.69) is 16.6 Å². The zero-order chi connectivity index (χ0) is 11.7. The van der Waals surface area contributed by atoms with Gasteiger partial charge in [0.05, 0.1) is 5.69 Å². The molecule has 1 heterocycles. The normalized spacial score (nSPS) is 24.6.